The normalized spacial score (nSPS) is 14.3. The average molecular weight is 263 g/mol. The number of benzene rings is 1. The number of aryl methyl sites for hydroxylation is 1. The zero-order chi connectivity index (χ0) is 14.1. The van der Waals surface area contributed by atoms with Crippen molar-refractivity contribution in [1.82, 2.24) is 5.32 Å². The number of ether oxygens (including phenoxy) is 1. The maximum Gasteiger partial charge on any atom is 0.0769 e. The highest BCUT2D eigenvalue weighted by atomic mass is 16.5. The van der Waals surface area contributed by atoms with Crippen LogP contribution in [0.25, 0.3) is 0 Å². The maximum absolute atomic E-state index is 5.99. The van der Waals surface area contributed by atoms with Crippen molar-refractivity contribution in [2.24, 2.45) is 0 Å². The van der Waals surface area contributed by atoms with Crippen LogP contribution in [0.15, 0.2) is 24.3 Å². The van der Waals surface area contributed by atoms with Gasteiger partial charge in [0.15, 0.2) is 0 Å². The van der Waals surface area contributed by atoms with Gasteiger partial charge in [-0.1, -0.05) is 44.5 Å². The number of rotatable bonds is 9. The zero-order valence-electron chi connectivity index (χ0n) is 12.9. The Morgan fingerprint density at radius 3 is 2.42 bits per heavy atom. The molecule has 2 heteroatoms. The lowest BCUT2D eigenvalue weighted by Gasteiger charge is -2.29. The van der Waals surface area contributed by atoms with Crippen molar-refractivity contribution in [1.29, 1.82) is 0 Å². The van der Waals surface area contributed by atoms with Crippen LogP contribution in [0.4, 0.5) is 0 Å². The predicted octanol–water partition coefficient (Wildman–Crippen LogP) is 4.24. The molecule has 2 unspecified atom stereocenters. The first-order valence-electron chi connectivity index (χ1n) is 7.65. The lowest BCUT2D eigenvalue weighted by atomic mass is 9.94. The minimum Gasteiger partial charge on any atom is -0.377 e. The topological polar surface area (TPSA) is 21.3 Å². The minimum absolute atomic E-state index is 0.266. The Labute approximate surface area is 118 Å². The van der Waals surface area contributed by atoms with Gasteiger partial charge < -0.3 is 10.1 Å². The number of hydrogen-bond donors (Lipinski definition) is 1. The van der Waals surface area contributed by atoms with E-state index in [1.165, 1.54) is 11.1 Å². The lowest BCUT2D eigenvalue weighted by Crippen LogP contribution is -2.35. The lowest BCUT2D eigenvalue weighted by molar-refractivity contribution is 0.0275. The summed E-state index contributed by atoms with van der Waals surface area (Å²) in [6.07, 6.45) is 3.67. The zero-order valence-corrected chi connectivity index (χ0v) is 12.9. The first-order chi connectivity index (χ1) is 9.24. The van der Waals surface area contributed by atoms with Crippen molar-refractivity contribution in [3.63, 3.8) is 0 Å². The standard InChI is InChI=1S/C17H29NO/c1-5-10-16(19-7-3)17(18-13-6-2)15-12-9-8-11-14(15)4/h8-9,11-12,16-18H,5-7,10,13H2,1-4H3. The Morgan fingerprint density at radius 1 is 1.11 bits per heavy atom. The van der Waals surface area contributed by atoms with Gasteiger partial charge in [-0.25, -0.2) is 0 Å². The first kappa shape index (κ1) is 16.2. The summed E-state index contributed by atoms with van der Waals surface area (Å²) in [5.41, 5.74) is 2.72. The van der Waals surface area contributed by atoms with Crippen LogP contribution in [0.1, 0.15) is 57.2 Å². The molecule has 2 nitrogen and oxygen atoms in total. The van der Waals surface area contributed by atoms with Crippen LogP contribution in [0.3, 0.4) is 0 Å². The maximum atomic E-state index is 5.99. The monoisotopic (exact) mass is 263 g/mol. The molecule has 0 amide bonds. The van der Waals surface area contributed by atoms with E-state index in [2.05, 4.69) is 57.3 Å². The highest BCUT2D eigenvalue weighted by Crippen LogP contribution is 2.25. The van der Waals surface area contributed by atoms with Gasteiger partial charge in [0, 0.05) is 6.61 Å². The molecule has 1 rings (SSSR count). The second kappa shape index (κ2) is 9.11. The molecule has 108 valence electrons. The van der Waals surface area contributed by atoms with Gasteiger partial charge in [-0.2, -0.15) is 0 Å². The summed E-state index contributed by atoms with van der Waals surface area (Å²) in [7, 11) is 0. The third kappa shape index (κ3) is 4.96. The molecule has 0 saturated heterocycles. The van der Waals surface area contributed by atoms with Crippen molar-refractivity contribution in [3.8, 4) is 0 Å². The van der Waals surface area contributed by atoms with E-state index in [-0.39, 0.29) is 6.10 Å². The van der Waals surface area contributed by atoms with Crippen LogP contribution in [-0.2, 0) is 4.74 Å². The third-order valence-electron chi connectivity index (χ3n) is 3.46. The smallest absolute Gasteiger partial charge is 0.0769 e. The second-order valence-electron chi connectivity index (χ2n) is 5.07. The molecule has 0 aliphatic rings. The Morgan fingerprint density at radius 2 is 1.84 bits per heavy atom. The Bertz CT molecular complexity index is 345. The fourth-order valence-corrected chi connectivity index (χ4v) is 2.52. The van der Waals surface area contributed by atoms with Crippen molar-refractivity contribution in [2.45, 2.75) is 59.1 Å². The molecule has 1 aromatic carbocycles. The Kier molecular flexibility index (Phi) is 7.76. The van der Waals surface area contributed by atoms with Crippen LogP contribution < -0.4 is 5.32 Å². The largest absolute Gasteiger partial charge is 0.377 e. The van der Waals surface area contributed by atoms with Crippen LogP contribution in [0.5, 0.6) is 0 Å². The molecule has 0 heterocycles. The van der Waals surface area contributed by atoms with Crippen LogP contribution in [0.2, 0.25) is 0 Å². The van der Waals surface area contributed by atoms with E-state index in [0.717, 1.165) is 32.4 Å². The summed E-state index contributed by atoms with van der Waals surface area (Å²) in [6.45, 7) is 10.5. The summed E-state index contributed by atoms with van der Waals surface area (Å²) < 4.78 is 5.99. The van der Waals surface area contributed by atoms with E-state index in [9.17, 15) is 0 Å². The van der Waals surface area contributed by atoms with E-state index in [1.807, 2.05) is 0 Å². The molecule has 1 N–H and O–H groups in total. The van der Waals surface area contributed by atoms with Gasteiger partial charge in [-0.05, 0) is 44.4 Å². The molecule has 0 spiro atoms. The average Bonchev–Trinajstić information content (AvgIpc) is 2.41. The predicted molar refractivity (Wildman–Crippen MR) is 82.5 cm³/mol. The molecule has 0 aromatic heterocycles. The molecule has 0 aliphatic carbocycles. The summed E-state index contributed by atoms with van der Waals surface area (Å²) in [5.74, 6) is 0. The second-order valence-corrected chi connectivity index (χ2v) is 5.07. The van der Waals surface area contributed by atoms with Crippen LogP contribution >= 0.6 is 0 Å². The van der Waals surface area contributed by atoms with E-state index in [0.29, 0.717) is 6.04 Å². The van der Waals surface area contributed by atoms with Crippen molar-refractivity contribution < 1.29 is 4.74 Å². The summed E-state index contributed by atoms with van der Waals surface area (Å²) in [5, 5.41) is 3.67. The minimum atomic E-state index is 0.266. The van der Waals surface area contributed by atoms with Gasteiger partial charge in [0.2, 0.25) is 0 Å². The van der Waals surface area contributed by atoms with Crippen molar-refractivity contribution in [2.75, 3.05) is 13.2 Å². The third-order valence-corrected chi connectivity index (χ3v) is 3.46. The fraction of sp³-hybridized carbons (Fsp3) is 0.647. The van der Waals surface area contributed by atoms with Gasteiger partial charge in [0.1, 0.15) is 0 Å². The van der Waals surface area contributed by atoms with Gasteiger partial charge in [0.25, 0.3) is 0 Å². The molecular weight excluding hydrogens is 234 g/mol. The van der Waals surface area contributed by atoms with Gasteiger partial charge in [-0.15, -0.1) is 0 Å². The van der Waals surface area contributed by atoms with Gasteiger partial charge in [-0.3, -0.25) is 0 Å². The fourth-order valence-electron chi connectivity index (χ4n) is 2.52. The van der Waals surface area contributed by atoms with Gasteiger partial charge >= 0.3 is 0 Å². The summed E-state index contributed by atoms with van der Waals surface area (Å²) in [4.78, 5) is 0. The molecule has 0 saturated carbocycles. The SMILES string of the molecule is CCCNC(c1ccccc1C)C(CCC)OCC. The van der Waals surface area contributed by atoms with Crippen LogP contribution in [-0.4, -0.2) is 19.3 Å². The summed E-state index contributed by atoms with van der Waals surface area (Å²) in [6, 6.07) is 8.94. The Balaban J connectivity index is 2.94. The molecule has 0 radical (unpaired) electrons. The van der Waals surface area contributed by atoms with E-state index >= 15 is 0 Å². The number of hydrogen-bond acceptors (Lipinski definition) is 2. The molecule has 0 aliphatic heterocycles. The highest BCUT2D eigenvalue weighted by Gasteiger charge is 2.23. The first-order valence-corrected chi connectivity index (χ1v) is 7.65. The van der Waals surface area contributed by atoms with Crippen molar-refractivity contribution in [3.05, 3.63) is 35.4 Å². The van der Waals surface area contributed by atoms with Crippen molar-refractivity contribution >= 4 is 0 Å². The number of nitrogens with one attached hydrogen (secondary N) is 1. The molecule has 2 atom stereocenters. The summed E-state index contributed by atoms with van der Waals surface area (Å²) >= 11 is 0. The molecule has 1 aromatic rings. The Hall–Kier alpha value is -0.860. The molecular formula is C17H29NO. The van der Waals surface area contributed by atoms with Crippen LogP contribution in [0, 0.1) is 6.92 Å². The highest BCUT2D eigenvalue weighted by molar-refractivity contribution is 5.29. The van der Waals surface area contributed by atoms with E-state index < -0.39 is 0 Å². The molecule has 19 heavy (non-hydrogen) atoms. The quantitative estimate of drug-likeness (QED) is 0.719. The van der Waals surface area contributed by atoms with E-state index in [4.69, 9.17) is 4.74 Å². The van der Waals surface area contributed by atoms with E-state index in [1.54, 1.807) is 0 Å². The molecule has 0 bridgehead atoms. The van der Waals surface area contributed by atoms with Gasteiger partial charge in [0.05, 0.1) is 12.1 Å². The molecule has 0 fully saturated rings.